The molecule has 0 saturated heterocycles. The van der Waals surface area contributed by atoms with Crippen LogP contribution in [0.1, 0.15) is 61.3 Å². The van der Waals surface area contributed by atoms with Crippen molar-refractivity contribution < 1.29 is 24.2 Å². The molecule has 1 aromatic heterocycles. The number of carboxylic acids is 1. The van der Waals surface area contributed by atoms with Gasteiger partial charge in [0.05, 0.1) is 18.3 Å². The highest BCUT2D eigenvalue weighted by Gasteiger charge is 2.37. The number of benzene rings is 2. The first-order valence-corrected chi connectivity index (χ1v) is 13.5. The van der Waals surface area contributed by atoms with Crippen LogP contribution in [0.2, 0.25) is 0 Å². The zero-order chi connectivity index (χ0) is 27.2. The SMILES string of the molecule is O=C(O)CC1(CC(=O)NCCc2ccc(NC(=O)OCC3c4ccccc4-c4ccccc43)cn2)CCCC1. The highest BCUT2D eigenvalue weighted by molar-refractivity contribution is 5.85. The summed E-state index contributed by atoms with van der Waals surface area (Å²) in [5.74, 6) is -0.973. The van der Waals surface area contributed by atoms with Crippen LogP contribution in [-0.4, -0.2) is 41.2 Å². The molecule has 1 fully saturated rings. The minimum Gasteiger partial charge on any atom is -0.481 e. The number of rotatable bonds is 10. The van der Waals surface area contributed by atoms with E-state index in [1.54, 1.807) is 18.3 Å². The predicted molar refractivity (Wildman–Crippen MR) is 147 cm³/mol. The standard InChI is InChI=1S/C31H33N3O5/c35-28(17-31(18-29(36)37)14-5-6-15-31)32-16-13-21-11-12-22(19-33-21)34-30(38)39-20-27-25-9-3-1-7-23(25)24-8-2-4-10-26(24)27/h1-4,7-12,19,27H,5-6,13-18,20H2,(H,32,35)(H,34,38)(H,36,37). The summed E-state index contributed by atoms with van der Waals surface area (Å²) in [6.45, 7) is 0.646. The summed E-state index contributed by atoms with van der Waals surface area (Å²) in [6.07, 6.45) is 5.36. The Hall–Kier alpha value is -4.20. The summed E-state index contributed by atoms with van der Waals surface area (Å²) >= 11 is 0. The molecule has 0 bridgehead atoms. The molecule has 8 nitrogen and oxygen atoms in total. The lowest BCUT2D eigenvalue weighted by Gasteiger charge is -2.26. The molecule has 5 rings (SSSR count). The number of carbonyl (C=O) groups is 3. The van der Waals surface area contributed by atoms with Crippen LogP contribution in [0.4, 0.5) is 10.5 Å². The molecule has 39 heavy (non-hydrogen) atoms. The predicted octanol–water partition coefficient (Wildman–Crippen LogP) is 5.53. The Labute approximate surface area is 227 Å². The Bertz CT molecular complexity index is 1300. The maximum atomic E-state index is 12.5. The fraction of sp³-hybridized carbons (Fsp3) is 0.355. The first-order valence-electron chi connectivity index (χ1n) is 13.5. The molecule has 2 aromatic carbocycles. The van der Waals surface area contributed by atoms with Gasteiger partial charge in [-0.2, -0.15) is 0 Å². The zero-order valence-electron chi connectivity index (χ0n) is 21.8. The quantitative estimate of drug-likeness (QED) is 0.319. The van der Waals surface area contributed by atoms with Gasteiger partial charge in [0.1, 0.15) is 6.61 Å². The number of aromatic nitrogens is 1. The van der Waals surface area contributed by atoms with Crippen molar-refractivity contribution in [1.29, 1.82) is 0 Å². The molecule has 0 atom stereocenters. The van der Waals surface area contributed by atoms with Gasteiger partial charge in [-0.3, -0.25) is 19.9 Å². The monoisotopic (exact) mass is 527 g/mol. The maximum Gasteiger partial charge on any atom is 0.411 e. The summed E-state index contributed by atoms with van der Waals surface area (Å²) in [7, 11) is 0. The smallest absolute Gasteiger partial charge is 0.411 e. The lowest BCUT2D eigenvalue weighted by molar-refractivity contribution is -0.140. The zero-order valence-corrected chi connectivity index (χ0v) is 21.8. The molecule has 1 heterocycles. The van der Waals surface area contributed by atoms with Crippen molar-refractivity contribution in [3.8, 4) is 11.1 Å². The van der Waals surface area contributed by atoms with E-state index in [1.165, 1.54) is 11.1 Å². The number of nitrogens with zero attached hydrogens (tertiary/aromatic N) is 1. The fourth-order valence-corrected chi connectivity index (χ4v) is 5.99. The average Bonchev–Trinajstić information content (AvgIpc) is 3.50. The van der Waals surface area contributed by atoms with Gasteiger partial charge < -0.3 is 15.2 Å². The summed E-state index contributed by atoms with van der Waals surface area (Å²) < 4.78 is 5.59. The number of aliphatic carboxylic acids is 1. The van der Waals surface area contributed by atoms with Crippen LogP contribution >= 0.6 is 0 Å². The van der Waals surface area contributed by atoms with Gasteiger partial charge in [0.15, 0.2) is 0 Å². The third-order valence-corrected chi connectivity index (χ3v) is 7.84. The van der Waals surface area contributed by atoms with Crippen molar-refractivity contribution in [3.05, 3.63) is 83.7 Å². The third kappa shape index (κ3) is 6.28. The molecule has 0 radical (unpaired) electrons. The molecule has 0 spiro atoms. The number of amides is 2. The highest BCUT2D eigenvalue weighted by atomic mass is 16.5. The molecule has 2 aliphatic carbocycles. The first-order chi connectivity index (χ1) is 18.9. The van der Waals surface area contributed by atoms with E-state index in [1.807, 2.05) is 24.3 Å². The summed E-state index contributed by atoms with van der Waals surface area (Å²) in [4.78, 5) is 40.6. The van der Waals surface area contributed by atoms with Gasteiger partial charge in [-0.25, -0.2) is 4.79 Å². The number of fused-ring (bicyclic) bond motifs is 3. The molecule has 0 unspecified atom stereocenters. The molecule has 0 aliphatic heterocycles. The number of hydrogen-bond donors (Lipinski definition) is 3. The van der Waals surface area contributed by atoms with Crippen LogP contribution in [0.25, 0.3) is 11.1 Å². The second kappa shape index (κ2) is 11.7. The van der Waals surface area contributed by atoms with Crippen molar-refractivity contribution in [2.75, 3.05) is 18.5 Å². The van der Waals surface area contributed by atoms with Crippen LogP contribution in [0, 0.1) is 5.41 Å². The lowest BCUT2D eigenvalue weighted by atomic mass is 9.79. The van der Waals surface area contributed by atoms with Crippen molar-refractivity contribution in [3.63, 3.8) is 0 Å². The lowest BCUT2D eigenvalue weighted by Crippen LogP contribution is -2.33. The van der Waals surface area contributed by atoms with E-state index in [-0.39, 0.29) is 31.3 Å². The second-order valence-corrected chi connectivity index (χ2v) is 10.5. The summed E-state index contributed by atoms with van der Waals surface area (Å²) in [5, 5.41) is 14.9. The summed E-state index contributed by atoms with van der Waals surface area (Å²) in [6, 6.07) is 19.9. The molecule has 3 aromatic rings. The van der Waals surface area contributed by atoms with Crippen LogP contribution in [0.5, 0.6) is 0 Å². The van der Waals surface area contributed by atoms with Gasteiger partial charge in [0, 0.05) is 31.0 Å². The van der Waals surface area contributed by atoms with Crippen molar-refractivity contribution in [1.82, 2.24) is 10.3 Å². The highest BCUT2D eigenvalue weighted by Crippen LogP contribution is 2.45. The number of hydrogen-bond acceptors (Lipinski definition) is 5. The molecular weight excluding hydrogens is 494 g/mol. The van der Waals surface area contributed by atoms with Gasteiger partial charge in [0.25, 0.3) is 0 Å². The Kier molecular flexibility index (Phi) is 7.91. The van der Waals surface area contributed by atoms with E-state index < -0.39 is 17.5 Å². The first kappa shape index (κ1) is 26.4. The molecule has 1 saturated carbocycles. The van der Waals surface area contributed by atoms with Crippen LogP contribution in [-0.2, 0) is 20.7 Å². The average molecular weight is 528 g/mol. The normalized spacial score (nSPS) is 15.3. The van der Waals surface area contributed by atoms with Crippen molar-refractivity contribution in [2.24, 2.45) is 5.41 Å². The molecular formula is C31H33N3O5. The summed E-state index contributed by atoms with van der Waals surface area (Å²) in [5.41, 5.74) is 5.55. The van der Waals surface area contributed by atoms with Crippen LogP contribution in [0.3, 0.4) is 0 Å². The van der Waals surface area contributed by atoms with Crippen LogP contribution in [0.15, 0.2) is 66.9 Å². The van der Waals surface area contributed by atoms with Crippen LogP contribution < -0.4 is 10.6 Å². The fourth-order valence-electron chi connectivity index (χ4n) is 5.99. The van der Waals surface area contributed by atoms with E-state index >= 15 is 0 Å². The van der Waals surface area contributed by atoms with Crippen molar-refractivity contribution >= 4 is 23.7 Å². The van der Waals surface area contributed by atoms with Gasteiger partial charge in [-0.15, -0.1) is 0 Å². The maximum absolute atomic E-state index is 12.5. The minimum absolute atomic E-state index is 0.00784. The van der Waals surface area contributed by atoms with Crippen molar-refractivity contribution in [2.45, 2.75) is 50.9 Å². The molecule has 8 heteroatoms. The number of anilines is 1. The molecule has 3 N–H and O–H groups in total. The topological polar surface area (TPSA) is 118 Å². The number of nitrogens with one attached hydrogen (secondary N) is 2. The molecule has 2 amide bonds. The number of carbonyl (C=O) groups excluding carboxylic acids is 2. The van der Waals surface area contributed by atoms with E-state index in [0.29, 0.717) is 18.7 Å². The van der Waals surface area contributed by atoms with E-state index in [4.69, 9.17) is 4.74 Å². The minimum atomic E-state index is -0.847. The van der Waals surface area contributed by atoms with E-state index in [2.05, 4.69) is 39.9 Å². The Morgan fingerprint density at radius 2 is 1.59 bits per heavy atom. The Morgan fingerprint density at radius 1 is 0.923 bits per heavy atom. The number of carboxylic acid groups (broad SMARTS) is 1. The number of ether oxygens (including phenoxy) is 1. The Morgan fingerprint density at radius 3 is 2.21 bits per heavy atom. The van der Waals surface area contributed by atoms with Gasteiger partial charge in [-0.05, 0) is 52.6 Å². The van der Waals surface area contributed by atoms with E-state index in [9.17, 15) is 19.5 Å². The molecule has 2 aliphatic rings. The van der Waals surface area contributed by atoms with E-state index in [0.717, 1.165) is 42.5 Å². The van der Waals surface area contributed by atoms with Gasteiger partial charge in [0.2, 0.25) is 5.91 Å². The Balaban J connectivity index is 1.07. The third-order valence-electron chi connectivity index (χ3n) is 7.84. The molecule has 202 valence electrons. The largest absolute Gasteiger partial charge is 0.481 e. The van der Waals surface area contributed by atoms with Gasteiger partial charge >= 0.3 is 12.1 Å². The number of pyridine rings is 1. The van der Waals surface area contributed by atoms with Gasteiger partial charge in [-0.1, -0.05) is 61.4 Å². The second-order valence-electron chi connectivity index (χ2n) is 10.5.